The van der Waals surface area contributed by atoms with Crippen LogP contribution in [0.1, 0.15) is 15.9 Å². The second-order valence-electron chi connectivity index (χ2n) is 5.26. The number of carbonyl (C=O) groups excluding carboxylic acids is 1. The van der Waals surface area contributed by atoms with E-state index in [0.717, 1.165) is 6.07 Å². The zero-order valence-electron chi connectivity index (χ0n) is 12.9. The Morgan fingerprint density at radius 3 is 2.29 bits per heavy atom. The molecule has 2 rings (SSSR count). The lowest BCUT2D eigenvalue weighted by Gasteiger charge is -2.22. The maximum absolute atomic E-state index is 13.2. The average molecular weight is 358 g/mol. The highest BCUT2D eigenvalue weighted by Crippen LogP contribution is 2.45. The number of hydrogen-bond acceptors (Lipinski definition) is 3. The van der Waals surface area contributed by atoms with Crippen molar-refractivity contribution in [3.05, 3.63) is 52.5 Å². The summed E-state index contributed by atoms with van der Waals surface area (Å²) in [7, 11) is 3.08. The molecule has 4 nitrogen and oxygen atoms in total. The van der Waals surface area contributed by atoms with Crippen molar-refractivity contribution < 1.29 is 18.0 Å². The van der Waals surface area contributed by atoms with Gasteiger partial charge in [-0.15, -0.1) is 0 Å². The van der Waals surface area contributed by atoms with Crippen LogP contribution in [0.4, 0.5) is 30.2 Å². The van der Waals surface area contributed by atoms with Crippen LogP contribution in [0.15, 0.2) is 36.4 Å². The van der Waals surface area contributed by atoms with Crippen molar-refractivity contribution in [3.8, 4) is 0 Å². The van der Waals surface area contributed by atoms with Crippen molar-refractivity contribution in [3.63, 3.8) is 0 Å². The van der Waals surface area contributed by atoms with Crippen LogP contribution in [-0.2, 0) is 6.18 Å². The van der Waals surface area contributed by atoms with Gasteiger partial charge < -0.3 is 16.0 Å². The van der Waals surface area contributed by atoms with Gasteiger partial charge in [0.05, 0.1) is 27.6 Å². The number of benzene rings is 2. The molecule has 0 radical (unpaired) electrons. The lowest BCUT2D eigenvalue weighted by atomic mass is 10.1. The first-order valence-electron chi connectivity index (χ1n) is 6.85. The highest BCUT2D eigenvalue weighted by atomic mass is 35.5. The van der Waals surface area contributed by atoms with Crippen LogP contribution >= 0.6 is 11.6 Å². The molecule has 2 aromatic rings. The Labute approximate surface area is 142 Å². The van der Waals surface area contributed by atoms with E-state index in [2.05, 4.69) is 5.32 Å². The maximum atomic E-state index is 13.2. The summed E-state index contributed by atoms with van der Waals surface area (Å²) in [6, 6.07) is 8.90. The molecule has 0 saturated carbocycles. The quantitative estimate of drug-likeness (QED) is 0.807. The lowest BCUT2D eigenvalue weighted by Crippen LogP contribution is -2.19. The van der Waals surface area contributed by atoms with Crippen molar-refractivity contribution in [2.24, 2.45) is 0 Å². The third kappa shape index (κ3) is 3.56. The highest BCUT2D eigenvalue weighted by molar-refractivity contribution is 6.37. The summed E-state index contributed by atoms with van der Waals surface area (Å²) in [5.41, 5.74) is 4.06. The van der Waals surface area contributed by atoms with Gasteiger partial charge >= 0.3 is 6.18 Å². The number of halogens is 4. The predicted molar refractivity (Wildman–Crippen MR) is 89.6 cm³/mol. The molecule has 0 atom stereocenters. The summed E-state index contributed by atoms with van der Waals surface area (Å²) in [5.74, 6) is -0.603. The fourth-order valence-electron chi connectivity index (χ4n) is 2.12. The second-order valence-corrected chi connectivity index (χ2v) is 5.64. The number of nitrogens with zero attached hydrogens (tertiary/aromatic N) is 1. The van der Waals surface area contributed by atoms with Gasteiger partial charge in [0.15, 0.2) is 0 Å². The van der Waals surface area contributed by atoms with E-state index < -0.39 is 23.3 Å². The third-order valence-corrected chi connectivity index (χ3v) is 3.73. The fraction of sp³-hybridized carbons (Fsp3) is 0.188. The van der Waals surface area contributed by atoms with E-state index in [4.69, 9.17) is 17.3 Å². The number of anilines is 3. The minimum Gasteiger partial charge on any atom is -0.397 e. The number of carbonyl (C=O) groups is 1. The van der Waals surface area contributed by atoms with Crippen LogP contribution in [0.5, 0.6) is 0 Å². The predicted octanol–water partition coefficient (Wildman–Crippen LogP) is 4.26. The first kappa shape index (κ1) is 17.9. The highest BCUT2D eigenvalue weighted by Gasteiger charge is 2.36. The van der Waals surface area contributed by atoms with Crippen LogP contribution in [0.25, 0.3) is 0 Å². The SMILES string of the molecule is CN(C)c1cc(C(F)(F)F)c(N)c(NC(=O)c2ccccc2)c1Cl. The molecule has 0 aliphatic heterocycles. The van der Waals surface area contributed by atoms with Gasteiger partial charge in [0.1, 0.15) is 0 Å². The van der Waals surface area contributed by atoms with Crippen molar-refractivity contribution >= 4 is 34.6 Å². The number of nitrogen functional groups attached to an aromatic ring is 1. The Hall–Kier alpha value is -2.41. The van der Waals surface area contributed by atoms with Gasteiger partial charge in [0, 0.05) is 19.7 Å². The zero-order valence-corrected chi connectivity index (χ0v) is 13.7. The second kappa shape index (κ2) is 6.60. The molecule has 0 aliphatic rings. The summed E-state index contributed by atoms with van der Waals surface area (Å²) in [6.45, 7) is 0. The van der Waals surface area contributed by atoms with E-state index in [-0.39, 0.29) is 22.0 Å². The monoisotopic (exact) mass is 357 g/mol. The number of alkyl halides is 3. The Balaban J connectivity index is 2.56. The third-order valence-electron chi connectivity index (χ3n) is 3.35. The van der Waals surface area contributed by atoms with E-state index in [1.54, 1.807) is 32.3 Å². The molecule has 0 spiro atoms. The van der Waals surface area contributed by atoms with E-state index in [1.807, 2.05) is 0 Å². The van der Waals surface area contributed by atoms with Crippen molar-refractivity contribution in [1.82, 2.24) is 0 Å². The van der Waals surface area contributed by atoms with Gasteiger partial charge in [0.25, 0.3) is 5.91 Å². The molecule has 1 amide bonds. The van der Waals surface area contributed by atoms with Gasteiger partial charge in [-0.3, -0.25) is 4.79 Å². The van der Waals surface area contributed by atoms with Gasteiger partial charge in [-0.2, -0.15) is 13.2 Å². The molecule has 8 heteroatoms. The number of nitrogens with one attached hydrogen (secondary N) is 1. The molecule has 2 aromatic carbocycles. The summed E-state index contributed by atoms with van der Waals surface area (Å²) in [6.07, 6.45) is -4.67. The van der Waals surface area contributed by atoms with Gasteiger partial charge in [-0.1, -0.05) is 29.8 Å². The molecule has 0 aliphatic carbocycles. The minimum atomic E-state index is -4.67. The molecule has 0 heterocycles. The molecule has 0 fully saturated rings. The Morgan fingerprint density at radius 2 is 1.79 bits per heavy atom. The zero-order chi connectivity index (χ0) is 18.1. The molecular weight excluding hydrogens is 343 g/mol. The smallest absolute Gasteiger partial charge is 0.397 e. The van der Waals surface area contributed by atoms with Crippen molar-refractivity contribution in [2.45, 2.75) is 6.18 Å². The standard InChI is InChI=1S/C16H15ClF3N3O/c1-23(2)11-8-10(16(18,19)20)13(21)14(12(11)17)22-15(24)9-6-4-3-5-7-9/h3-8H,21H2,1-2H3,(H,22,24). The van der Waals surface area contributed by atoms with Gasteiger partial charge in [-0.05, 0) is 18.2 Å². The Morgan fingerprint density at radius 1 is 1.21 bits per heavy atom. The number of hydrogen-bond donors (Lipinski definition) is 2. The minimum absolute atomic E-state index is 0.0604. The van der Waals surface area contributed by atoms with Crippen LogP contribution in [-0.4, -0.2) is 20.0 Å². The van der Waals surface area contributed by atoms with E-state index in [9.17, 15) is 18.0 Å². The van der Waals surface area contributed by atoms with Crippen molar-refractivity contribution in [1.29, 1.82) is 0 Å². The Bertz CT molecular complexity index is 761. The topological polar surface area (TPSA) is 58.4 Å². The van der Waals surface area contributed by atoms with Gasteiger partial charge in [-0.25, -0.2) is 0 Å². The molecule has 128 valence electrons. The van der Waals surface area contributed by atoms with Crippen molar-refractivity contribution in [2.75, 3.05) is 30.0 Å². The first-order valence-corrected chi connectivity index (χ1v) is 7.23. The average Bonchev–Trinajstić information content (AvgIpc) is 2.50. The number of rotatable bonds is 3. The Kier molecular flexibility index (Phi) is 4.94. The van der Waals surface area contributed by atoms with E-state index in [1.165, 1.54) is 17.0 Å². The molecular formula is C16H15ClF3N3O. The van der Waals surface area contributed by atoms with Crippen LogP contribution in [0, 0.1) is 0 Å². The summed E-state index contributed by atoms with van der Waals surface area (Å²) < 4.78 is 39.6. The normalized spacial score (nSPS) is 11.2. The molecule has 0 saturated heterocycles. The van der Waals surface area contributed by atoms with Gasteiger partial charge in [0.2, 0.25) is 0 Å². The molecule has 3 N–H and O–H groups in total. The van der Waals surface area contributed by atoms with Crippen LogP contribution in [0.2, 0.25) is 5.02 Å². The first-order chi connectivity index (χ1) is 11.1. The maximum Gasteiger partial charge on any atom is 0.418 e. The summed E-state index contributed by atoms with van der Waals surface area (Å²) >= 11 is 6.16. The molecule has 0 unspecified atom stereocenters. The lowest BCUT2D eigenvalue weighted by molar-refractivity contribution is -0.136. The number of nitrogens with two attached hydrogens (primary N) is 1. The number of amides is 1. The summed E-state index contributed by atoms with van der Waals surface area (Å²) in [4.78, 5) is 13.7. The summed E-state index contributed by atoms with van der Waals surface area (Å²) in [5, 5.41) is 2.32. The van der Waals surface area contributed by atoms with Crippen LogP contribution < -0.4 is 16.0 Å². The van der Waals surface area contributed by atoms with E-state index in [0.29, 0.717) is 0 Å². The van der Waals surface area contributed by atoms with E-state index >= 15 is 0 Å². The molecule has 0 aromatic heterocycles. The van der Waals surface area contributed by atoms with Crippen LogP contribution in [0.3, 0.4) is 0 Å². The molecule has 24 heavy (non-hydrogen) atoms. The molecule has 0 bridgehead atoms. The largest absolute Gasteiger partial charge is 0.418 e. The fourth-order valence-corrected chi connectivity index (χ4v) is 2.49.